The van der Waals surface area contributed by atoms with Crippen LogP contribution in [-0.4, -0.2) is 42.1 Å². The summed E-state index contributed by atoms with van der Waals surface area (Å²) in [5.41, 5.74) is 9.07. The molecule has 0 bridgehead atoms. The minimum absolute atomic E-state index is 0.562. The van der Waals surface area contributed by atoms with Crippen LogP contribution in [0.25, 0.3) is 10.9 Å². The minimum atomic E-state index is 0.562. The lowest BCUT2D eigenvalue weighted by atomic mass is 10.1. The maximum atomic E-state index is 6.11. The molecule has 2 N–H and O–H groups in total. The Morgan fingerprint density at radius 3 is 2.90 bits per heavy atom. The second-order valence-electron chi connectivity index (χ2n) is 5.65. The molecule has 0 aliphatic carbocycles. The highest BCUT2D eigenvalue weighted by Crippen LogP contribution is 2.32. The van der Waals surface area contributed by atoms with Gasteiger partial charge in [-0.15, -0.1) is 0 Å². The second kappa shape index (κ2) is 5.81. The maximum Gasteiger partial charge on any atom is 0.0956 e. The zero-order chi connectivity index (χ0) is 15.0. The van der Waals surface area contributed by atoms with E-state index in [4.69, 9.17) is 5.73 Å². The van der Waals surface area contributed by atoms with Crippen LogP contribution < -0.4 is 10.6 Å². The Hall–Kier alpha value is -1.33. The molecule has 3 rings (SSSR count). The van der Waals surface area contributed by atoms with E-state index < -0.39 is 0 Å². The third-order valence-electron chi connectivity index (χ3n) is 4.34. The summed E-state index contributed by atoms with van der Waals surface area (Å²) in [7, 11) is 0. The number of fused-ring (bicyclic) bond motifs is 1. The Labute approximate surface area is 134 Å². The molecule has 5 heteroatoms. The molecule has 2 aromatic rings. The number of nitrogen functional groups attached to an aromatic ring is 1. The molecule has 4 nitrogen and oxygen atoms in total. The molecular weight excluding hydrogens is 328 g/mol. The van der Waals surface area contributed by atoms with Crippen LogP contribution >= 0.6 is 15.9 Å². The van der Waals surface area contributed by atoms with Gasteiger partial charge in [0.2, 0.25) is 0 Å². The summed E-state index contributed by atoms with van der Waals surface area (Å²) < 4.78 is 0.961. The highest BCUT2D eigenvalue weighted by molar-refractivity contribution is 9.10. The predicted molar refractivity (Wildman–Crippen MR) is 92.8 cm³/mol. The number of likely N-dealkylation sites (N-methyl/N-ethyl adjacent to an activating group) is 1. The van der Waals surface area contributed by atoms with E-state index in [1.165, 1.54) is 5.69 Å². The van der Waals surface area contributed by atoms with Crippen LogP contribution in [-0.2, 0) is 0 Å². The van der Waals surface area contributed by atoms with Gasteiger partial charge in [0.15, 0.2) is 0 Å². The Balaban J connectivity index is 2.00. The van der Waals surface area contributed by atoms with Crippen molar-refractivity contribution in [2.45, 2.75) is 19.9 Å². The van der Waals surface area contributed by atoms with Crippen LogP contribution in [0.5, 0.6) is 0 Å². The fourth-order valence-corrected chi connectivity index (χ4v) is 3.47. The van der Waals surface area contributed by atoms with Gasteiger partial charge in [0, 0.05) is 47.4 Å². The van der Waals surface area contributed by atoms with Gasteiger partial charge >= 0.3 is 0 Å². The largest absolute Gasteiger partial charge is 0.398 e. The first kappa shape index (κ1) is 14.6. The van der Waals surface area contributed by atoms with Crippen LogP contribution in [0, 0.1) is 0 Å². The van der Waals surface area contributed by atoms with Crippen LogP contribution in [0.2, 0.25) is 0 Å². The van der Waals surface area contributed by atoms with Crippen LogP contribution in [0.3, 0.4) is 0 Å². The number of benzene rings is 1. The van der Waals surface area contributed by atoms with E-state index in [1.807, 2.05) is 18.3 Å². The van der Waals surface area contributed by atoms with Gasteiger partial charge < -0.3 is 10.6 Å². The number of anilines is 2. The van der Waals surface area contributed by atoms with Gasteiger partial charge in [-0.3, -0.25) is 9.88 Å². The molecular formula is C16H21BrN4. The maximum absolute atomic E-state index is 6.11. The first-order valence-electron chi connectivity index (χ1n) is 7.43. The smallest absolute Gasteiger partial charge is 0.0956 e. The Morgan fingerprint density at radius 1 is 1.38 bits per heavy atom. The highest BCUT2D eigenvalue weighted by Gasteiger charge is 2.24. The van der Waals surface area contributed by atoms with Crippen molar-refractivity contribution in [3.63, 3.8) is 0 Å². The topological polar surface area (TPSA) is 45.4 Å². The number of hydrogen-bond donors (Lipinski definition) is 1. The quantitative estimate of drug-likeness (QED) is 0.847. The van der Waals surface area contributed by atoms with Crippen molar-refractivity contribution >= 4 is 38.2 Å². The van der Waals surface area contributed by atoms with E-state index in [1.54, 1.807) is 0 Å². The van der Waals surface area contributed by atoms with Crippen molar-refractivity contribution in [2.24, 2.45) is 0 Å². The van der Waals surface area contributed by atoms with Crippen LogP contribution in [0.15, 0.2) is 28.9 Å². The summed E-state index contributed by atoms with van der Waals surface area (Å²) in [6.45, 7) is 8.80. The summed E-state index contributed by atoms with van der Waals surface area (Å²) in [5.74, 6) is 0. The fraction of sp³-hybridized carbons (Fsp3) is 0.438. The average Bonchev–Trinajstić information content (AvgIpc) is 2.48. The molecule has 0 amide bonds. The summed E-state index contributed by atoms with van der Waals surface area (Å²) in [6, 6.07) is 6.70. The number of piperazine rings is 1. The van der Waals surface area contributed by atoms with Crippen LogP contribution in [0.1, 0.15) is 13.8 Å². The Bertz CT molecular complexity index is 658. The molecule has 21 heavy (non-hydrogen) atoms. The van der Waals surface area contributed by atoms with E-state index in [0.29, 0.717) is 6.04 Å². The van der Waals surface area contributed by atoms with Crippen molar-refractivity contribution < 1.29 is 0 Å². The normalized spacial score (nSPS) is 20.1. The number of halogens is 1. The average molecular weight is 349 g/mol. The van der Waals surface area contributed by atoms with Crippen molar-refractivity contribution in [1.29, 1.82) is 0 Å². The van der Waals surface area contributed by atoms with E-state index in [-0.39, 0.29) is 0 Å². The first-order chi connectivity index (χ1) is 10.1. The van der Waals surface area contributed by atoms with Gasteiger partial charge in [-0.05, 0) is 47.6 Å². The summed E-state index contributed by atoms with van der Waals surface area (Å²) in [6.07, 6.45) is 1.84. The third-order valence-corrected chi connectivity index (χ3v) is 4.77. The summed E-state index contributed by atoms with van der Waals surface area (Å²) in [5, 5.41) is 1.02. The van der Waals surface area contributed by atoms with Gasteiger partial charge in [0.05, 0.1) is 11.2 Å². The molecule has 1 aliphatic rings. The van der Waals surface area contributed by atoms with Crippen molar-refractivity contribution in [3.8, 4) is 0 Å². The molecule has 0 saturated carbocycles. The molecule has 112 valence electrons. The molecule has 0 spiro atoms. The zero-order valence-electron chi connectivity index (χ0n) is 12.5. The standard InChI is InChI=1S/C16H21BrN4/c1-3-20-6-7-21(10-11(20)2)15-5-4-14(18)13-8-12(17)9-19-16(13)15/h4-5,8-9,11H,3,6-7,10,18H2,1-2H3. The third kappa shape index (κ3) is 2.72. The minimum Gasteiger partial charge on any atom is -0.398 e. The number of pyridine rings is 1. The first-order valence-corrected chi connectivity index (χ1v) is 8.22. The van der Waals surface area contributed by atoms with Gasteiger partial charge in [0.1, 0.15) is 0 Å². The predicted octanol–water partition coefficient (Wildman–Crippen LogP) is 3.11. The molecule has 1 saturated heterocycles. The molecule has 1 aliphatic heterocycles. The molecule has 1 aromatic heterocycles. The SMILES string of the molecule is CCN1CCN(c2ccc(N)c3cc(Br)cnc23)CC1C. The molecule has 1 fully saturated rings. The Morgan fingerprint density at radius 2 is 2.19 bits per heavy atom. The van der Waals surface area contributed by atoms with Crippen LogP contribution in [0.4, 0.5) is 11.4 Å². The molecule has 1 aromatic carbocycles. The number of aromatic nitrogens is 1. The van der Waals surface area contributed by atoms with E-state index in [9.17, 15) is 0 Å². The fourth-order valence-electron chi connectivity index (χ4n) is 3.14. The summed E-state index contributed by atoms with van der Waals surface area (Å²) in [4.78, 5) is 9.54. The molecule has 1 unspecified atom stereocenters. The lowest BCUT2D eigenvalue weighted by Crippen LogP contribution is -2.51. The molecule has 2 heterocycles. The van der Waals surface area contributed by atoms with E-state index >= 15 is 0 Å². The second-order valence-corrected chi connectivity index (χ2v) is 6.56. The Kier molecular flexibility index (Phi) is 4.04. The number of nitrogens with two attached hydrogens (primary N) is 1. The zero-order valence-corrected chi connectivity index (χ0v) is 14.1. The van der Waals surface area contributed by atoms with Gasteiger partial charge in [-0.25, -0.2) is 0 Å². The van der Waals surface area contributed by atoms with Gasteiger partial charge in [-0.2, -0.15) is 0 Å². The van der Waals surface area contributed by atoms with Crippen molar-refractivity contribution in [2.75, 3.05) is 36.8 Å². The monoisotopic (exact) mass is 348 g/mol. The van der Waals surface area contributed by atoms with Crippen molar-refractivity contribution in [1.82, 2.24) is 9.88 Å². The lowest BCUT2D eigenvalue weighted by molar-refractivity contribution is 0.199. The molecule has 0 radical (unpaired) electrons. The highest BCUT2D eigenvalue weighted by atomic mass is 79.9. The van der Waals surface area contributed by atoms with E-state index in [0.717, 1.165) is 47.2 Å². The van der Waals surface area contributed by atoms with Crippen molar-refractivity contribution in [3.05, 3.63) is 28.9 Å². The summed E-state index contributed by atoms with van der Waals surface area (Å²) >= 11 is 3.48. The number of rotatable bonds is 2. The molecule has 1 atom stereocenters. The van der Waals surface area contributed by atoms with Gasteiger partial charge in [-0.1, -0.05) is 6.92 Å². The number of hydrogen-bond acceptors (Lipinski definition) is 4. The van der Waals surface area contributed by atoms with E-state index in [2.05, 4.69) is 50.6 Å². The lowest BCUT2D eigenvalue weighted by Gasteiger charge is -2.40. The van der Waals surface area contributed by atoms with Gasteiger partial charge in [0.25, 0.3) is 0 Å². The number of nitrogens with zero attached hydrogens (tertiary/aromatic N) is 3.